The van der Waals surface area contributed by atoms with Crippen molar-refractivity contribution in [2.75, 3.05) is 5.73 Å². The van der Waals surface area contributed by atoms with Gasteiger partial charge in [-0.05, 0) is 26.0 Å². The van der Waals surface area contributed by atoms with E-state index >= 15 is 0 Å². The van der Waals surface area contributed by atoms with Crippen molar-refractivity contribution >= 4 is 23.1 Å². The summed E-state index contributed by atoms with van der Waals surface area (Å²) in [5, 5.41) is 11.1. The van der Waals surface area contributed by atoms with Crippen LogP contribution in [-0.2, 0) is 4.74 Å². The molecule has 2 N–H and O–H groups in total. The third kappa shape index (κ3) is 4.52. The lowest BCUT2D eigenvalue weighted by Gasteiger charge is -2.18. The molecule has 3 aromatic carbocycles. The maximum atomic E-state index is 13.1. The summed E-state index contributed by atoms with van der Waals surface area (Å²) in [6.07, 6.45) is -1.20. The number of nitrogens with zero attached hydrogens (tertiary/aromatic N) is 1. The summed E-state index contributed by atoms with van der Waals surface area (Å²) >= 11 is 0. The number of aryl methyl sites for hydroxylation is 2. The van der Waals surface area contributed by atoms with Crippen LogP contribution in [0.2, 0.25) is 0 Å². The topological polar surface area (TPSA) is 113 Å². The zero-order valence-corrected chi connectivity index (χ0v) is 16.5. The lowest BCUT2D eigenvalue weighted by Crippen LogP contribution is -2.20. The van der Waals surface area contributed by atoms with Gasteiger partial charge in [0.25, 0.3) is 5.69 Å². The van der Waals surface area contributed by atoms with E-state index in [4.69, 9.17) is 10.5 Å². The van der Waals surface area contributed by atoms with Gasteiger partial charge in [0, 0.05) is 17.2 Å². The second-order valence-corrected chi connectivity index (χ2v) is 6.96. The predicted molar refractivity (Wildman–Crippen MR) is 112 cm³/mol. The van der Waals surface area contributed by atoms with E-state index in [9.17, 15) is 19.7 Å². The number of Topliss-reactive ketones (excluding diaryl/α,β-unsaturated/α-hetero) is 1. The van der Waals surface area contributed by atoms with Crippen LogP contribution in [0.5, 0.6) is 0 Å². The van der Waals surface area contributed by atoms with Crippen molar-refractivity contribution in [2.24, 2.45) is 0 Å². The van der Waals surface area contributed by atoms with Crippen LogP contribution in [0.4, 0.5) is 11.4 Å². The van der Waals surface area contributed by atoms with Gasteiger partial charge in [-0.3, -0.25) is 14.9 Å². The molecule has 0 bridgehead atoms. The minimum Gasteiger partial charge on any atom is -0.445 e. The number of esters is 1. The summed E-state index contributed by atoms with van der Waals surface area (Å²) in [7, 11) is 0. The molecule has 0 spiro atoms. The molecule has 3 aromatic rings. The lowest BCUT2D eigenvalue weighted by atomic mass is 9.98. The minimum atomic E-state index is -1.20. The van der Waals surface area contributed by atoms with E-state index in [1.165, 1.54) is 12.1 Å². The monoisotopic (exact) mass is 404 g/mol. The molecule has 0 saturated carbocycles. The van der Waals surface area contributed by atoms with Gasteiger partial charge >= 0.3 is 5.97 Å². The predicted octanol–water partition coefficient (Wildman–Crippen LogP) is 4.57. The van der Waals surface area contributed by atoms with Crippen LogP contribution in [0, 0.1) is 24.0 Å². The normalized spacial score (nSPS) is 11.5. The molecule has 3 rings (SSSR count). The van der Waals surface area contributed by atoms with Crippen LogP contribution in [0.15, 0.2) is 66.7 Å². The highest BCUT2D eigenvalue weighted by molar-refractivity contribution is 6.02. The van der Waals surface area contributed by atoms with Crippen LogP contribution >= 0.6 is 0 Å². The first-order valence-electron chi connectivity index (χ1n) is 9.18. The van der Waals surface area contributed by atoms with E-state index in [2.05, 4.69) is 0 Å². The van der Waals surface area contributed by atoms with Crippen molar-refractivity contribution in [3.63, 3.8) is 0 Å². The smallest absolute Gasteiger partial charge is 0.339 e. The molecule has 7 nitrogen and oxygen atoms in total. The number of rotatable bonds is 6. The fraction of sp³-hybridized carbons (Fsp3) is 0.130. The van der Waals surface area contributed by atoms with E-state index in [1.54, 1.807) is 36.4 Å². The Morgan fingerprint density at radius 2 is 1.43 bits per heavy atom. The Balaban J connectivity index is 1.96. The highest BCUT2D eigenvalue weighted by atomic mass is 16.6. The van der Waals surface area contributed by atoms with E-state index in [0.29, 0.717) is 11.1 Å². The molecule has 0 heterocycles. The summed E-state index contributed by atoms with van der Waals surface area (Å²) in [6, 6.07) is 17.6. The Morgan fingerprint density at radius 3 is 2.00 bits per heavy atom. The van der Waals surface area contributed by atoms with Crippen molar-refractivity contribution < 1.29 is 19.2 Å². The lowest BCUT2D eigenvalue weighted by molar-refractivity contribution is -0.383. The average Bonchev–Trinajstić information content (AvgIpc) is 2.73. The number of carbonyl (C=O) groups excluding carboxylic acids is 2. The number of hydrogen-bond acceptors (Lipinski definition) is 6. The maximum Gasteiger partial charge on any atom is 0.339 e. The van der Waals surface area contributed by atoms with Gasteiger partial charge in [0.15, 0.2) is 6.10 Å². The van der Waals surface area contributed by atoms with Crippen molar-refractivity contribution in [3.05, 3.63) is 105 Å². The van der Waals surface area contributed by atoms with Crippen molar-refractivity contribution in [1.29, 1.82) is 0 Å². The number of ether oxygens (including phenoxy) is 1. The van der Waals surface area contributed by atoms with E-state index in [0.717, 1.165) is 17.2 Å². The van der Waals surface area contributed by atoms with Crippen LogP contribution in [0.1, 0.15) is 43.5 Å². The Labute approximate surface area is 173 Å². The number of nitro groups is 1. The Bertz CT molecular complexity index is 1110. The molecule has 7 heteroatoms. The molecule has 0 saturated heterocycles. The molecular weight excluding hydrogens is 384 g/mol. The van der Waals surface area contributed by atoms with Crippen LogP contribution < -0.4 is 5.73 Å². The van der Waals surface area contributed by atoms with E-state index < -0.39 is 28.5 Å². The van der Waals surface area contributed by atoms with Crippen LogP contribution in [0.3, 0.4) is 0 Å². The number of benzene rings is 3. The van der Waals surface area contributed by atoms with E-state index in [-0.39, 0.29) is 11.3 Å². The van der Waals surface area contributed by atoms with Gasteiger partial charge in [-0.1, -0.05) is 59.7 Å². The highest BCUT2D eigenvalue weighted by Crippen LogP contribution is 2.27. The van der Waals surface area contributed by atoms with Gasteiger partial charge in [-0.15, -0.1) is 0 Å². The van der Waals surface area contributed by atoms with Crippen molar-refractivity contribution in [1.82, 2.24) is 0 Å². The van der Waals surface area contributed by atoms with Gasteiger partial charge in [-0.25, -0.2) is 4.79 Å². The molecule has 0 aliphatic rings. The number of nitrogen functional groups attached to an aromatic ring is 1. The SMILES string of the molecule is Cc1ccc(C(=O)[C@H](OC(=O)c2ccc(N)c([N+](=O)[O-])c2)c2ccc(C)cc2)cc1. The molecule has 0 amide bonds. The molecule has 152 valence electrons. The molecule has 0 aliphatic carbocycles. The number of ketones is 1. The maximum absolute atomic E-state index is 13.1. The van der Waals surface area contributed by atoms with Gasteiger partial charge in [0.2, 0.25) is 5.78 Å². The third-order valence-electron chi connectivity index (χ3n) is 4.64. The summed E-state index contributed by atoms with van der Waals surface area (Å²) < 4.78 is 5.53. The zero-order valence-electron chi connectivity index (χ0n) is 16.5. The van der Waals surface area contributed by atoms with Gasteiger partial charge in [-0.2, -0.15) is 0 Å². The molecule has 0 unspecified atom stereocenters. The summed E-state index contributed by atoms with van der Waals surface area (Å²) in [4.78, 5) is 36.3. The van der Waals surface area contributed by atoms with Gasteiger partial charge in [0.05, 0.1) is 10.5 Å². The Kier molecular flexibility index (Phi) is 5.92. The number of anilines is 1. The first-order valence-corrected chi connectivity index (χ1v) is 9.18. The van der Waals surface area contributed by atoms with Crippen molar-refractivity contribution in [3.8, 4) is 0 Å². The number of hydrogen-bond donors (Lipinski definition) is 1. The third-order valence-corrected chi connectivity index (χ3v) is 4.64. The largest absolute Gasteiger partial charge is 0.445 e. The fourth-order valence-corrected chi connectivity index (χ4v) is 2.89. The van der Waals surface area contributed by atoms with Crippen LogP contribution in [-0.4, -0.2) is 16.7 Å². The molecule has 0 radical (unpaired) electrons. The molecule has 1 atom stereocenters. The zero-order chi connectivity index (χ0) is 21.8. The summed E-state index contributed by atoms with van der Waals surface area (Å²) in [5.41, 5.74) is 7.92. The highest BCUT2D eigenvalue weighted by Gasteiger charge is 2.27. The summed E-state index contributed by atoms with van der Waals surface area (Å²) in [6.45, 7) is 3.81. The minimum absolute atomic E-state index is 0.0651. The second kappa shape index (κ2) is 8.57. The van der Waals surface area contributed by atoms with Crippen molar-refractivity contribution in [2.45, 2.75) is 20.0 Å². The molecule has 30 heavy (non-hydrogen) atoms. The van der Waals surface area contributed by atoms with E-state index in [1.807, 2.05) is 26.0 Å². The number of carbonyl (C=O) groups is 2. The Morgan fingerprint density at radius 1 is 0.900 bits per heavy atom. The second-order valence-electron chi connectivity index (χ2n) is 6.96. The average molecular weight is 404 g/mol. The first-order chi connectivity index (χ1) is 14.3. The quantitative estimate of drug-likeness (QED) is 0.212. The van der Waals surface area contributed by atoms with Gasteiger partial charge in [0.1, 0.15) is 5.69 Å². The van der Waals surface area contributed by atoms with Gasteiger partial charge < -0.3 is 10.5 Å². The molecule has 0 aromatic heterocycles. The first kappa shape index (κ1) is 20.7. The summed E-state index contributed by atoms with van der Waals surface area (Å²) in [5.74, 6) is -1.25. The molecule has 0 aliphatic heterocycles. The number of nitrogens with two attached hydrogens (primary N) is 1. The Hall–Kier alpha value is -4.00. The standard InChI is InChI=1S/C23H20N2O5/c1-14-3-7-16(8-4-14)21(26)22(17-9-5-15(2)6-10-17)30-23(27)18-11-12-19(24)20(13-18)25(28)29/h3-13,22H,24H2,1-2H3/t22-/m1/s1. The molecular formula is C23H20N2O5. The fourth-order valence-electron chi connectivity index (χ4n) is 2.89. The van der Waals surface area contributed by atoms with Crippen LogP contribution in [0.25, 0.3) is 0 Å². The number of nitro benzene ring substituents is 1. The molecule has 0 fully saturated rings.